The van der Waals surface area contributed by atoms with Gasteiger partial charge >= 0.3 is 0 Å². The Bertz CT molecular complexity index is 862. The lowest BCUT2D eigenvalue weighted by Gasteiger charge is -2.35. The third-order valence-electron chi connectivity index (χ3n) is 5.54. The first kappa shape index (κ1) is 21.0. The fraction of sp³-hybridized carbons (Fsp3) is 0.476. The minimum Gasteiger partial charge on any atom is -0.353 e. The van der Waals surface area contributed by atoms with Crippen molar-refractivity contribution in [3.05, 3.63) is 52.6 Å². The van der Waals surface area contributed by atoms with Crippen LogP contribution in [0.15, 0.2) is 24.3 Å². The van der Waals surface area contributed by atoms with Gasteiger partial charge in [-0.1, -0.05) is 18.2 Å². The number of hydrogen-bond acceptors (Lipinski definition) is 4. The minimum absolute atomic E-state index is 0.0696. The largest absolute Gasteiger partial charge is 0.353 e. The maximum atomic E-state index is 14.0. The summed E-state index contributed by atoms with van der Waals surface area (Å²) in [6, 6.07) is 5.93. The lowest BCUT2D eigenvalue weighted by Crippen LogP contribution is -2.56. The van der Waals surface area contributed by atoms with E-state index in [9.17, 15) is 14.0 Å². The summed E-state index contributed by atoms with van der Waals surface area (Å²) in [6.07, 6.45) is 0.770. The maximum Gasteiger partial charge on any atom is 0.237 e. The van der Waals surface area contributed by atoms with E-state index in [4.69, 9.17) is 0 Å². The van der Waals surface area contributed by atoms with Crippen LogP contribution in [-0.2, 0) is 22.6 Å². The molecule has 0 radical (unpaired) electrons. The molecule has 1 atom stereocenters. The van der Waals surface area contributed by atoms with Crippen molar-refractivity contribution in [1.82, 2.24) is 25.3 Å². The molecular weight excluding hydrogens is 373 g/mol. The van der Waals surface area contributed by atoms with E-state index in [1.165, 1.54) is 6.07 Å². The summed E-state index contributed by atoms with van der Waals surface area (Å²) in [5.74, 6) is -0.591. The molecule has 1 fully saturated rings. The summed E-state index contributed by atoms with van der Waals surface area (Å²) < 4.78 is 14.0. The number of amides is 2. The smallest absolute Gasteiger partial charge is 0.237 e. The van der Waals surface area contributed by atoms with Crippen LogP contribution in [0.3, 0.4) is 0 Å². The van der Waals surface area contributed by atoms with Gasteiger partial charge in [0.25, 0.3) is 0 Å². The van der Waals surface area contributed by atoms with Gasteiger partial charge in [-0.25, -0.2) is 4.39 Å². The Morgan fingerprint density at radius 3 is 2.79 bits per heavy atom. The summed E-state index contributed by atoms with van der Waals surface area (Å²) in [5, 5.41) is 9.95. The molecule has 0 saturated carbocycles. The standard InChI is InChI=1S/C21H28FN5O2/c1-14-17(15(2)25-24-14)8-10-26(3)20(28)12-19-21(29)23-9-11-27(19)13-16-6-4-5-7-18(16)22/h4-7,19H,8-13H2,1-3H3,(H,23,29)(H,24,25). The second kappa shape index (κ2) is 9.17. The van der Waals surface area contributed by atoms with Crippen LogP contribution in [0.1, 0.15) is 28.9 Å². The first-order valence-corrected chi connectivity index (χ1v) is 9.86. The van der Waals surface area contributed by atoms with E-state index in [0.29, 0.717) is 38.2 Å². The number of H-pyrrole nitrogens is 1. The zero-order chi connectivity index (χ0) is 21.0. The molecule has 1 aliphatic heterocycles. The fourth-order valence-electron chi connectivity index (χ4n) is 3.69. The third-order valence-corrected chi connectivity index (χ3v) is 5.54. The van der Waals surface area contributed by atoms with E-state index in [-0.39, 0.29) is 24.1 Å². The number of carbonyl (C=O) groups excluding carboxylic acids is 2. The number of benzene rings is 1. The number of aryl methyl sites for hydroxylation is 2. The quantitative estimate of drug-likeness (QED) is 0.738. The Balaban J connectivity index is 1.62. The van der Waals surface area contributed by atoms with Gasteiger partial charge < -0.3 is 10.2 Å². The first-order valence-electron chi connectivity index (χ1n) is 9.86. The van der Waals surface area contributed by atoms with Gasteiger partial charge in [0.1, 0.15) is 5.82 Å². The lowest BCUT2D eigenvalue weighted by atomic mass is 10.1. The van der Waals surface area contributed by atoms with Gasteiger partial charge in [0.05, 0.1) is 18.2 Å². The van der Waals surface area contributed by atoms with E-state index < -0.39 is 6.04 Å². The second-order valence-corrected chi connectivity index (χ2v) is 7.55. The number of hydrogen-bond donors (Lipinski definition) is 2. The Kier molecular flexibility index (Phi) is 6.64. The minimum atomic E-state index is -0.601. The van der Waals surface area contributed by atoms with Crippen molar-refractivity contribution in [2.45, 2.75) is 39.3 Å². The highest BCUT2D eigenvalue weighted by Crippen LogP contribution is 2.17. The molecule has 2 heterocycles. The van der Waals surface area contributed by atoms with Crippen molar-refractivity contribution in [1.29, 1.82) is 0 Å². The average molecular weight is 401 g/mol. The number of halogens is 1. The number of aromatic nitrogens is 2. The molecule has 8 heteroatoms. The Morgan fingerprint density at radius 2 is 2.10 bits per heavy atom. The van der Waals surface area contributed by atoms with Crippen LogP contribution in [0.25, 0.3) is 0 Å². The third kappa shape index (κ3) is 5.00. The van der Waals surface area contributed by atoms with Crippen LogP contribution in [0.5, 0.6) is 0 Å². The molecule has 2 amide bonds. The molecule has 0 spiro atoms. The van der Waals surface area contributed by atoms with Gasteiger partial charge in [-0.15, -0.1) is 0 Å². The van der Waals surface area contributed by atoms with Gasteiger partial charge in [0, 0.05) is 44.5 Å². The van der Waals surface area contributed by atoms with Crippen molar-refractivity contribution in [3.63, 3.8) is 0 Å². The Labute approximate surface area is 170 Å². The molecule has 1 unspecified atom stereocenters. The van der Waals surface area contributed by atoms with Crippen molar-refractivity contribution in [3.8, 4) is 0 Å². The van der Waals surface area contributed by atoms with E-state index in [0.717, 1.165) is 17.0 Å². The summed E-state index contributed by atoms with van der Waals surface area (Å²) >= 11 is 0. The Morgan fingerprint density at radius 1 is 1.34 bits per heavy atom. The summed E-state index contributed by atoms with van der Waals surface area (Å²) in [6.45, 7) is 5.82. The molecule has 0 bridgehead atoms. The summed E-state index contributed by atoms with van der Waals surface area (Å²) in [7, 11) is 1.75. The molecule has 29 heavy (non-hydrogen) atoms. The first-order chi connectivity index (χ1) is 13.9. The topological polar surface area (TPSA) is 81.3 Å². The number of rotatable bonds is 7. The van der Waals surface area contributed by atoms with Crippen LogP contribution < -0.4 is 5.32 Å². The maximum absolute atomic E-state index is 14.0. The number of likely N-dealkylation sites (N-methyl/N-ethyl adjacent to an activating group) is 1. The van der Waals surface area contributed by atoms with Gasteiger partial charge in [0.15, 0.2) is 0 Å². The van der Waals surface area contributed by atoms with Crippen LogP contribution in [0, 0.1) is 19.7 Å². The highest BCUT2D eigenvalue weighted by atomic mass is 19.1. The van der Waals surface area contributed by atoms with E-state index in [1.54, 1.807) is 30.1 Å². The molecule has 1 aromatic carbocycles. The predicted molar refractivity (Wildman–Crippen MR) is 108 cm³/mol. The van der Waals surface area contributed by atoms with Crippen LogP contribution >= 0.6 is 0 Å². The molecule has 1 aromatic heterocycles. The summed E-state index contributed by atoms with van der Waals surface area (Å²) in [5.41, 5.74) is 3.58. The van der Waals surface area contributed by atoms with Crippen molar-refractivity contribution >= 4 is 11.8 Å². The number of nitrogens with one attached hydrogen (secondary N) is 2. The number of aromatic amines is 1. The molecule has 3 rings (SSSR count). The number of piperazine rings is 1. The zero-order valence-corrected chi connectivity index (χ0v) is 17.2. The van der Waals surface area contributed by atoms with Crippen molar-refractivity contribution in [2.75, 3.05) is 26.7 Å². The van der Waals surface area contributed by atoms with E-state index >= 15 is 0 Å². The van der Waals surface area contributed by atoms with Gasteiger partial charge in [-0.05, 0) is 31.9 Å². The van der Waals surface area contributed by atoms with E-state index in [1.807, 2.05) is 18.7 Å². The normalized spacial score (nSPS) is 17.2. The number of carbonyl (C=O) groups is 2. The molecular formula is C21H28FN5O2. The average Bonchev–Trinajstić information content (AvgIpc) is 3.02. The fourth-order valence-corrected chi connectivity index (χ4v) is 3.69. The van der Waals surface area contributed by atoms with Gasteiger partial charge in [-0.3, -0.25) is 19.6 Å². The lowest BCUT2D eigenvalue weighted by molar-refractivity contribution is -0.138. The SMILES string of the molecule is Cc1n[nH]c(C)c1CCN(C)C(=O)CC1C(=O)NCCN1Cc1ccccc1F. The predicted octanol–water partition coefficient (Wildman–Crippen LogP) is 1.56. The zero-order valence-electron chi connectivity index (χ0n) is 17.2. The molecule has 0 aliphatic carbocycles. The molecule has 1 saturated heterocycles. The van der Waals surface area contributed by atoms with Crippen molar-refractivity contribution in [2.24, 2.45) is 0 Å². The van der Waals surface area contributed by atoms with Gasteiger partial charge in [-0.2, -0.15) is 5.10 Å². The summed E-state index contributed by atoms with van der Waals surface area (Å²) in [4.78, 5) is 28.7. The molecule has 2 aromatic rings. The molecule has 7 nitrogen and oxygen atoms in total. The van der Waals surface area contributed by atoms with Crippen LogP contribution in [0.2, 0.25) is 0 Å². The molecule has 2 N–H and O–H groups in total. The Hall–Kier alpha value is -2.74. The number of nitrogens with zero attached hydrogens (tertiary/aromatic N) is 3. The van der Waals surface area contributed by atoms with Gasteiger partial charge in [0.2, 0.25) is 11.8 Å². The molecule has 156 valence electrons. The van der Waals surface area contributed by atoms with Crippen LogP contribution in [0.4, 0.5) is 4.39 Å². The highest BCUT2D eigenvalue weighted by Gasteiger charge is 2.32. The van der Waals surface area contributed by atoms with Crippen LogP contribution in [-0.4, -0.2) is 64.5 Å². The molecule has 1 aliphatic rings. The second-order valence-electron chi connectivity index (χ2n) is 7.55. The van der Waals surface area contributed by atoms with E-state index in [2.05, 4.69) is 15.5 Å². The highest BCUT2D eigenvalue weighted by molar-refractivity contribution is 5.88. The monoisotopic (exact) mass is 401 g/mol. The van der Waals surface area contributed by atoms with Crippen molar-refractivity contribution < 1.29 is 14.0 Å².